The summed E-state index contributed by atoms with van der Waals surface area (Å²) in [6.07, 6.45) is 6.43. The third-order valence-corrected chi connectivity index (χ3v) is 5.89. The molecule has 124 valence electrons. The van der Waals surface area contributed by atoms with Gasteiger partial charge in [-0.05, 0) is 38.5 Å². The number of rotatable bonds is 1. The predicted octanol–water partition coefficient (Wildman–Crippen LogP) is 1.64. The Labute approximate surface area is 135 Å². The normalized spacial score (nSPS) is 23.4. The van der Waals surface area contributed by atoms with Crippen LogP contribution in [0.5, 0.6) is 0 Å². The SMILES string of the molecule is CN1CCC2(CCN(C(=O)c3noc4c3CCCC4)CC2)C1=O. The van der Waals surface area contributed by atoms with Gasteiger partial charge in [-0.2, -0.15) is 0 Å². The third-order valence-electron chi connectivity index (χ3n) is 5.89. The summed E-state index contributed by atoms with van der Waals surface area (Å²) < 4.78 is 5.37. The van der Waals surface area contributed by atoms with Crippen LogP contribution in [0.2, 0.25) is 0 Å². The molecule has 1 spiro atoms. The highest BCUT2D eigenvalue weighted by molar-refractivity contribution is 5.94. The summed E-state index contributed by atoms with van der Waals surface area (Å²) in [5.74, 6) is 1.12. The van der Waals surface area contributed by atoms with E-state index in [4.69, 9.17) is 4.52 Å². The van der Waals surface area contributed by atoms with Crippen LogP contribution in [0.1, 0.15) is 53.9 Å². The van der Waals surface area contributed by atoms with E-state index < -0.39 is 0 Å². The van der Waals surface area contributed by atoms with Crippen LogP contribution in [-0.4, -0.2) is 53.5 Å². The molecule has 4 rings (SSSR count). The first kappa shape index (κ1) is 14.7. The van der Waals surface area contributed by atoms with Gasteiger partial charge in [0.25, 0.3) is 5.91 Å². The van der Waals surface area contributed by atoms with Gasteiger partial charge in [0.2, 0.25) is 5.91 Å². The van der Waals surface area contributed by atoms with Gasteiger partial charge in [0.1, 0.15) is 5.76 Å². The average molecular weight is 317 g/mol. The minimum absolute atomic E-state index is 0.0226. The molecule has 2 saturated heterocycles. The fourth-order valence-electron chi connectivity index (χ4n) is 4.30. The highest BCUT2D eigenvalue weighted by Gasteiger charge is 2.47. The molecule has 23 heavy (non-hydrogen) atoms. The second-order valence-electron chi connectivity index (χ2n) is 7.19. The van der Waals surface area contributed by atoms with Crippen LogP contribution >= 0.6 is 0 Å². The van der Waals surface area contributed by atoms with Crippen molar-refractivity contribution in [2.24, 2.45) is 5.41 Å². The van der Waals surface area contributed by atoms with E-state index in [-0.39, 0.29) is 17.2 Å². The van der Waals surface area contributed by atoms with Crippen molar-refractivity contribution in [2.75, 3.05) is 26.7 Å². The first-order valence-electron chi connectivity index (χ1n) is 8.63. The van der Waals surface area contributed by atoms with E-state index in [0.717, 1.165) is 62.8 Å². The van der Waals surface area contributed by atoms with Gasteiger partial charge < -0.3 is 14.3 Å². The molecule has 3 heterocycles. The molecule has 0 bridgehead atoms. The van der Waals surface area contributed by atoms with Crippen LogP contribution in [0.15, 0.2) is 4.52 Å². The van der Waals surface area contributed by atoms with Crippen molar-refractivity contribution in [1.29, 1.82) is 0 Å². The zero-order chi connectivity index (χ0) is 16.0. The number of carbonyl (C=O) groups excluding carboxylic acids is 2. The summed E-state index contributed by atoms with van der Waals surface area (Å²) in [6.45, 7) is 2.11. The lowest BCUT2D eigenvalue weighted by molar-refractivity contribution is -0.137. The Morgan fingerprint density at radius 1 is 1.13 bits per heavy atom. The molecular formula is C17H23N3O3. The summed E-state index contributed by atoms with van der Waals surface area (Å²) in [5.41, 5.74) is 1.29. The molecule has 0 aromatic carbocycles. The van der Waals surface area contributed by atoms with Crippen molar-refractivity contribution in [3.63, 3.8) is 0 Å². The number of piperidine rings is 1. The van der Waals surface area contributed by atoms with Crippen LogP contribution in [-0.2, 0) is 17.6 Å². The first-order valence-corrected chi connectivity index (χ1v) is 8.63. The summed E-state index contributed by atoms with van der Waals surface area (Å²) >= 11 is 0. The Hall–Kier alpha value is -1.85. The molecule has 0 saturated carbocycles. The van der Waals surface area contributed by atoms with Crippen LogP contribution < -0.4 is 0 Å². The van der Waals surface area contributed by atoms with E-state index in [2.05, 4.69) is 5.16 Å². The average Bonchev–Trinajstić information content (AvgIpc) is 3.13. The van der Waals surface area contributed by atoms with Gasteiger partial charge in [-0.25, -0.2) is 0 Å². The molecule has 2 amide bonds. The lowest BCUT2D eigenvalue weighted by atomic mass is 9.77. The Kier molecular flexibility index (Phi) is 3.43. The second kappa shape index (κ2) is 5.35. The summed E-state index contributed by atoms with van der Waals surface area (Å²) in [6, 6.07) is 0. The van der Waals surface area contributed by atoms with Crippen molar-refractivity contribution in [3.8, 4) is 0 Å². The van der Waals surface area contributed by atoms with Crippen LogP contribution in [0.25, 0.3) is 0 Å². The van der Waals surface area contributed by atoms with Gasteiger partial charge >= 0.3 is 0 Å². The lowest BCUT2D eigenvalue weighted by Gasteiger charge is -2.37. The molecule has 1 aliphatic carbocycles. The van der Waals surface area contributed by atoms with E-state index >= 15 is 0 Å². The molecule has 1 aromatic heterocycles. The van der Waals surface area contributed by atoms with E-state index in [9.17, 15) is 9.59 Å². The molecule has 0 atom stereocenters. The van der Waals surface area contributed by atoms with Crippen molar-refractivity contribution in [1.82, 2.24) is 15.0 Å². The number of fused-ring (bicyclic) bond motifs is 1. The van der Waals surface area contributed by atoms with E-state index in [1.165, 1.54) is 0 Å². The zero-order valence-corrected chi connectivity index (χ0v) is 13.6. The molecule has 1 aromatic rings. The smallest absolute Gasteiger partial charge is 0.276 e. The summed E-state index contributed by atoms with van der Waals surface area (Å²) in [4.78, 5) is 28.8. The predicted molar refractivity (Wildman–Crippen MR) is 83.0 cm³/mol. The van der Waals surface area contributed by atoms with Gasteiger partial charge in [-0.3, -0.25) is 9.59 Å². The summed E-state index contributed by atoms with van der Waals surface area (Å²) in [7, 11) is 1.87. The van der Waals surface area contributed by atoms with Gasteiger partial charge in [0.05, 0.1) is 5.41 Å². The van der Waals surface area contributed by atoms with Gasteiger partial charge in [-0.15, -0.1) is 0 Å². The molecule has 0 radical (unpaired) electrons. The molecule has 6 heteroatoms. The first-order chi connectivity index (χ1) is 11.1. The Bertz CT molecular complexity index is 644. The topological polar surface area (TPSA) is 66.7 Å². The fourth-order valence-corrected chi connectivity index (χ4v) is 4.30. The summed E-state index contributed by atoms with van der Waals surface area (Å²) in [5, 5.41) is 4.05. The molecule has 0 N–H and O–H groups in total. The maximum Gasteiger partial charge on any atom is 0.276 e. The minimum Gasteiger partial charge on any atom is -0.360 e. The zero-order valence-electron chi connectivity index (χ0n) is 13.6. The van der Waals surface area contributed by atoms with Crippen molar-refractivity contribution >= 4 is 11.8 Å². The minimum atomic E-state index is -0.227. The standard InChI is InChI=1S/C17H23N3O3/c1-19-9-6-17(16(19)22)7-10-20(11-8-17)15(21)14-12-4-2-3-5-13(12)23-18-14/h2-11H2,1H3. The number of hydrogen-bond donors (Lipinski definition) is 0. The number of aromatic nitrogens is 1. The maximum atomic E-state index is 12.8. The van der Waals surface area contributed by atoms with Gasteiger partial charge in [-0.1, -0.05) is 5.16 Å². The van der Waals surface area contributed by atoms with Gasteiger partial charge in [0.15, 0.2) is 5.69 Å². The number of nitrogens with zero attached hydrogens (tertiary/aromatic N) is 3. The molecular weight excluding hydrogens is 294 g/mol. The monoisotopic (exact) mass is 317 g/mol. The van der Waals surface area contributed by atoms with Crippen LogP contribution in [0, 0.1) is 5.41 Å². The molecule has 2 fully saturated rings. The third kappa shape index (κ3) is 2.26. The molecule has 2 aliphatic heterocycles. The van der Waals surface area contributed by atoms with E-state index in [1.54, 1.807) is 0 Å². The Morgan fingerprint density at radius 2 is 1.83 bits per heavy atom. The fraction of sp³-hybridized carbons (Fsp3) is 0.706. The van der Waals surface area contributed by atoms with E-state index in [1.807, 2.05) is 16.8 Å². The van der Waals surface area contributed by atoms with Crippen molar-refractivity contribution in [2.45, 2.75) is 44.9 Å². The molecule has 3 aliphatic rings. The number of likely N-dealkylation sites (tertiary alicyclic amines) is 2. The van der Waals surface area contributed by atoms with E-state index in [0.29, 0.717) is 18.8 Å². The highest BCUT2D eigenvalue weighted by atomic mass is 16.5. The van der Waals surface area contributed by atoms with Crippen LogP contribution in [0.3, 0.4) is 0 Å². The Balaban J connectivity index is 1.47. The number of carbonyl (C=O) groups is 2. The molecule has 6 nitrogen and oxygen atoms in total. The Morgan fingerprint density at radius 3 is 2.52 bits per heavy atom. The van der Waals surface area contributed by atoms with Crippen molar-refractivity contribution in [3.05, 3.63) is 17.0 Å². The molecule has 0 unspecified atom stereocenters. The second-order valence-corrected chi connectivity index (χ2v) is 7.19. The maximum absolute atomic E-state index is 12.8. The largest absolute Gasteiger partial charge is 0.360 e. The van der Waals surface area contributed by atoms with Crippen LogP contribution in [0.4, 0.5) is 0 Å². The number of amides is 2. The quantitative estimate of drug-likeness (QED) is 0.790. The number of hydrogen-bond acceptors (Lipinski definition) is 4. The lowest BCUT2D eigenvalue weighted by Crippen LogP contribution is -2.46. The highest BCUT2D eigenvalue weighted by Crippen LogP contribution is 2.41. The number of aryl methyl sites for hydroxylation is 1. The van der Waals surface area contributed by atoms with Crippen molar-refractivity contribution < 1.29 is 14.1 Å². The van der Waals surface area contributed by atoms with Gasteiger partial charge in [0, 0.05) is 38.7 Å².